The molecule has 1 aliphatic rings. The molecule has 88 valence electrons. The van der Waals surface area contributed by atoms with Crippen LogP contribution in [0, 0.1) is 5.92 Å². The molecule has 1 aliphatic carbocycles. The maximum absolute atomic E-state index is 10.9. The first-order valence-electron chi connectivity index (χ1n) is 5.91. The van der Waals surface area contributed by atoms with Crippen LogP contribution in [-0.4, -0.2) is 20.7 Å². The number of hydrogen-bond donors (Lipinski definition) is 0. The third-order valence-corrected chi connectivity index (χ3v) is 8.44. The summed E-state index contributed by atoms with van der Waals surface area (Å²) in [5.74, 6) is 0.152. The summed E-state index contributed by atoms with van der Waals surface area (Å²) in [6.45, 7) is 11.2. The number of rotatable bonds is 3. The number of carbonyl (C=O) groups is 1. The minimum absolute atomic E-state index is 0.152. The standard InChI is InChI=1S/C12H24O2Si/c1-12(2,3)15(4,5)14-11-8-6-7-10(11)9-13/h9-11H,6-8H2,1-5H3/t10-,11+/m1/s1. The highest BCUT2D eigenvalue weighted by molar-refractivity contribution is 6.74. The maximum atomic E-state index is 10.9. The van der Waals surface area contributed by atoms with Gasteiger partial charge in [0.25, 0.3) is 0 Å². The molecule has 1 saturated carbocycles. The first kappa shape index (κ1) is 12.9. The molecular weight excluding hydrogens is 204 g/mol. The van der Waals surface area contributed by atoms with Gasteiger partial charge in [-0.3, -0.25) is 0 Å². The molecule has 0 radical (unpaired) electrons. The average Bonchev–Trinajstić information content (AvgIpc) is 2.48. The molecule has 0 spiro atoms. The van der Waals surface area contributed by atoms with Crippen LogP contribution in [0.5, 0.6) is 0 Å². The van der Waals surface area contributed by atoms with E-state index in [1.165, 1.54) is 0 Å². The van der Waals surface area contributed by atoms with Crippen LogP contribution in [0.4, 0.5) is 0 Å². The van der Waals surface area contributed by atoms with E-state index in [1.54, 1.807) is 0 Å². The van der Waals surface area contributed by atoms with Gasteiger partial charge in [0.15, 0.2) is 8.32 Å². The smallest absolute Gasteiger partial charge is 0.192 e. The molecule has 3 heteroatoms. The Balaban J connectivity index is 2.64. The van der Waals surface area contributed by atoms with E-state index in [0.717, 1.165) is 25.5 Å². The summed E-state index contributed by atoms with van der Waals surface area (Å²) in [5, 5.41) is 0.239. The Morgan fingerprint density at radius 2 is 1.87 bits per heavy atom. The Hall–Kier alpha value is -0.153. The predicted molar refractivity (Wildman–Crippen MR) is 65.5 cm³/mol. The van der Waals surface area contributed by atoms with E-state index in [0.29, 0.717) is 0 Å². The fourth-order valence-corrected chi connectivity index (χ4v) is 3.21. The van der Waals surface area contributed by atoms with E-state index in [2.05, 4.69) is 33.9 Å². The molecule has 0 N–H and O–H groups in total. The third kappa shape index (κ3) is 2.91. The lowest BCUT2D eigenvalue weighted by Crippen LogP contribution is -2.44. The number of carbonyl (C=O) groups excluding carboxylic acids is 1. The van der Waals surface area contributed by atoms with Crippen molar-refractivity contribution in [2.45, 2.75) is 64.3 Å². The zero-order valence-electron chi connectivity index (χ0n) is 10.7. The largest absolute Gasteiger partial charge is 0.413 e. The van der Waals surface area contributed by atoms with Crippen LogP contribution in [-0.2, 0) is 9.22 Å². The summed E-state index contributed by atoms with van der Waals surface area (Å²) in [6, 6.07) is 0. The molecule has 0 bridgehead atoms. The Morgan fingerprint density at radius 3 is 2.33 bits per heavy atom. The van der Waals surface area contributed by atoms with Crippen LogP contribution < -0.4 is 0 Å². The summed E-state index contributed by atoms with van der Waals surface area (Å²) in [7, 11) is -1.69. The molecule has 0 unspecified atom stereocenters. The second-order valence-electron chi connectivity index (χ2n) is 6.15. The summed E-state index contributed by atoms with van der Waals surface area (Å²) in [6.07, 6.45) is 4.51. The van der Waals surface area contributed by atoms with Gasteiger partial charge in [-0.05, 0) is 31.0 Å². The van der Waals surface area contributed by atoms with Gasteiger partial charge in [0.2, 0.25) is 0 Å². The van der Waals surface area contributed by atoms with Gasteiger partial charge in [0.1, 0.15) is 6.29 Å². The van der Waals surface area contributed by atoms with Gasteiger partial charge in [-0.15, -0.1) is 0 Å². The van der Waals surface area contributed by atoms with Crippen LogP contribution in [0.1, 0.15) is 40.0 Å². The summed E-state index contributed by atoms with van der Waals surface area (Å²) >= 11 is 0. The molecule has 0 aromatic carbocycles. The van der Waals surface area contributed by atoms with Crippen LogP contribution in [0.25, 0.3) is 0 Å². The third-order valence-electron chi connectivity index (χ3n) is 3.93. The van der Waals surface area contributed by atoms with Crippen molar-refractivity contribution in [3.8, 4) is 0 Å². The van der Waals surface area contributed by atoms with Crippen molar-refractivity contribution < 1.29 is 9.22 Å². The molecule has 0 saturated heterocycles. The van der Waals surface area contributed by atoms with Crippen molar-refractivity contribution in [1.29, 1.82) is 0 Å². The van der Waals surface area contributed by atoms with Crippen molar-refractivity contribution in [1.82, 2.24) is 0 Å². The lowest BCUT2D eigenvalue weighted by atomic mass is 10.1. The van der Waals surface area contributed by atoms with Crippen molar-refractivity contribution in [3.63, 3.8) is 0 Å². The molecule has 0 heterocycles. The lowest BCUT2D eigenvalue weighted by molar-refractivity contribution is -0.113. The van der Waals surface area contributed by atoms with Crippen LogP contribution in [0.3, 0.4) is 0 Å². The monoisotopic (exact) mass is 228 g/mol. The van der Waals surface area contributed by atoms with Gasteiger partial charge in [0, 0.05) is 5.92 Å². The summed E-state index contributed by atoms with van der Waals surface area (Å²) < 4.78 is 6.27. The van der Waals surface area contributed by atoms with Crippen molar-refractivity contribution in [2.24, 2.45) is 5.92 Å². The SMILES string of the molecule is CC(C)(C)[Si](C)(C)O[C@H]1CCC[C@@H]1C=O. The minimum atomic E-state index is -1.69. The zero-order valence-corrected chi connectivity index (χ0v) is 11.7. The minimum Gasteiger partial charge on any atom is -0.413 e. The van der Waals surface area contributed by atoms with Gasteiger partial charge >= 0.3 is 0 Å². The summed E-state index contributed by atoms with van der Waals surface area (Å²) in [4.78, 5) is 10.9. The van der Waals surface area contributed by atoms with Crippen molar-refractivity contribution in [3.05, 3.63) is 0 Å². The molecule has 0 aromatic rings. The molecule has 0 amide bonds. The van der Waals surface area contributed by atoms with Crippen LogP contribution in [0.15, 0.2) is 0 Å². The quantitative estimate of drug-likeness (QED) is 0.547. The second-order valence-corrected chi connectivity index (χ2v) is 10.9. The number of aldehydes is 1. The van der Waals surface area contributed by atoms with Crippen LogP contribution in [0.2, 0.25) is 18.1 Å². The maximum Gasteiger partial charge on any atom is 0.192 e. The van der Waals surface area contributed by atoms with E-state index < -0.39 is 8.32 Å². The average molecular weight is 228 g/mol. The molecule has 0 aliphatic heterocycles. The molecule has 2 nitrogen and oxygen atoms in total. The zero-order chi connectivity index (χ0) is 11.7. The molecular formula is C12H24O2Si. The highest BCUT2D eigenvalue weighted by Gasteiger charge is 2.41. The van der Waals surface area contributed by atoms with Gasteiger partial charge in [-0.1, -0.05) is 27.2 Å². The van der Waals surface area contributed by atoms with E-state index in [-0.39, 0.29) is 17.1 Å². The highest BCUT2D eigenvalue weighted by Crippen LogP contribution is 2.40. The normalized spacial score (nSPS) is 28.1. The molecule has 1 fully saturated rings. The van der Waals surface area contributed by atoms with Gasteiger partial charge in [-0.2, -0.15) is 0 Å². The Kier molecular flexibility index (Phi) is 3.77. The predicted octanol–water partition coefficient (Wildman–Crippen LogP) is 3.38. The van der Waals surface area contributed by atoms with Crippen molar-refractivity contribution in [2.75, 3.05) is 0 Å². The van der Waals surface area contributed by atoms with E-state index in [1.807, 2.05) is 0 Å². The van der Waals surface area contributed by atoms with Crippen LogP contribution >= 0.6 is 0 Å². The van der Waals surface area contributed by atoms with E-state index in [9.17, 15) is 4.79 Å². The Labute approximate surface area is 94.5 Å². The highest BCUT2D eigenvalue weighted by atomic mass is 28.4. The molecule has 1 rings (SSSR count). The topological polar surface area (TPSA) is 26.3 Å². The van der Waals surface area contributed by atoms with Gasteiger partial charge in [-0.25, -0.2) is 0 Å². The first-order chi connectivity index (χ1) is 6.78. The second kappa shape index (κ2) is 4.38. The first-order valence-corrected chi connectivity index (χ1v) is 8.82. The molecule has 15 heavy (non-hydrogen) atoms. The lowest BCUT2D eigenvalue weighted by Gasteiger charge is -2.39. The Bertz CT molecular complexity index is 230. The molecule has 2 atom stereocenters. The fourth-order valence-electron chi connectivity index (χ4n) is 1.81. The fraction of sp³-hybridized carbons (Fsp3) is 0.917. The molecule has 0 aromatic heterocycles. The Morgan fingerprint density at radius 1 is 1.27 bits per heavy atom. The van der Waals surface area contributed by atoms with Gasteiger partial charge in [0.05, 0.1) is 6.10 Å². The van der Waals surface area contributed by atoms with E-state index >= 15 is 0 Å². The summed E-state index contributed by atoms with van der Waals surface area (Å²) in [5.41, 5.74) is 0. The van der Waals surface area contributed by atoms with E-state index in [4.69, 9.17) is 4.43 Å². The van der Waals surface area contributed by atoms with Crippen molar-refractivity contribution >= 4 is 14.6 Å². The number of hydrogen-bond acceptors (Lipinski definition) is 2. The van der Waals surface area contributed by atoms with Gasteiger partial charge < -0.3 is 9.22 Å².